The lowest BCUT2D eigenvalue weighted by molar-refractivity contribution is 0.199. The summed E-state index contributed by atoms with van der Waals surface area (Å²) < 4.78 is 0.787. The van der Waals surface area contributed by atoms with Crippen LogP contribution in [0.4, 0.5) is 5.82 Å². The van der Waals surface area contributed by atoms with Crippen LogP contribution in [0, 0.1) is 0 Å². The van der Waals surface area contributed by atoms with Crippen LogP contribution in [0.15, 0.2) is 30.5 Å². The predicted molar refractivity (Wildman–Crippen MR) is 76.3 cm³/mol. The number of pyridine rings is 1. The highest BCUT2D eigenvalue weighted by Crippen LogP contribution is 2.27. The first kappa shape index (κ1) is 13.3. The van der Waals surface area contributed by atoms with Crippen molar-refractivity contribution in [3.05, 3.63) is 45.2 Å². The normalized spacial score (nSPS) is 12.4. The number of anilines is 1. The number of thiophene rings is 1. The van der Waals surface area contributed by atoms with Crippen LogP contribution in [0.5, 0.6) is 0 Å². The van der Waals surface area contributed by atoms with Crippen molar-refractivity contribution in [3.8, 4) is 0 Å². The number of aliphatic hydroxyl groups excluding tert-OH is 1. The average Bonchev–Trinajstić information content (AvgIpc) is 2.74. The van der Waals surface area contributed by atoms with Crippen molar-refractivity contribution in [3.63, 3.8) is 0 Å². The average molecular weight is 283 g/mol. The van der Waals surface area contributed by atoms with Crippen molar-refractivity contribution >= 4 is 28.8 Å². The van der Waals surface area contributed by atoms with Crippen LogP contribution in [-0.4, -0.2) is 17.1 Å². The van der Waals surface area contributed by atoms with Gasteiger partial charge in [0.2, 0.25) is 0 Å². The molecule has 2 aromatic heterocycles. The zero-order valence-corrected chi connectivity index (χ0v) is 11.9. The van der Waals surface area contributed by atoms with E-state index < -0.39 is 6.10 Å². The van der Waals surface area contributed by atoms with E-state index in [0.717, 1.165) is 22.3 Å². The van der Waals surface area contributed by atoms with Gasteiger partial charge in [-0.15, -0.1) is 11.3 Å². The maximum Gasteiger partial charge on any atom is 0.134 e. The van der Waals surface area contributed by atoms with E-state index >= 15 is 0 Å². The third kappa shape index (κ3) is 3.02. The van der Waals surface area contributed by atoms with Crippen molar-refractivity contribution in [2.75, 3.05) is 11.9 Å². The van der Waals surface area contributed by atoms with E-state index in [4.69, 9.17) is 11.6 Å². The number of aliphatic hydroxyl groups is 1. The summed E-state index contributed by atoms with van der Waals surface area (Å²) in [5.74, 6) is 0.803. The van der Waals surface area contributed by atoms with Gasteiger partial charge in [-0.05, 0) is 25.1 Å². The molecule has 2 heterocycles. The first-order valence-electron chi connectivity index (χ1n) is 5.66. The van der Waals surface area contributed by atoms with Gasteiger partial charge in [0, 0.05) is 23.7 Å². The van der Waals surface area contributed by atoms with Crippen LogP contribution in [0.1, 0.15) is 23.5 Å². The molecule has 1 N–H and O–H groups in total. The second-order valence-electron chi connectivity index (χ2n) is 4.15. The molecule has 0 aliphatic heterocycles. The number of halogens is 1. The number of nitrogens with zero attached hydrogens (tertiary/aromatic N) is 2. The molecule has 0 radical (unpaired) electrons. The molecule has 0 unspecified atom stereocenters. The second kappa shape index (κ2) is 5.69. The summed E-state index contributed by atoms with van der Waals surface area (Å²) in [7, 11) is 1.96. The molecule has 5 heteroatoms. The van der Waals surface area contributed by atoms with Gasteiger partial charge in [0.25, 0.3) is 0 Å². The van der Waals surface area contributed by atoms with Gasteiger partial charge in [0.05, 0.1) is 17.0 Å². The Labute approximate surface area is 116 Å². The van der Waals surface area contributed by atoms with E-state index in [9.17, 15) is 5.11 Å². The van der Waals surface area contributed by atoms with Crippen LogP contribution in [0.2, 0.25) is 4.34 Å². The number of rotatable bonds is 4. The third-order valence-corrected chi connectivity index (χ3v) is 3.87. The largest absolute Gasteiger partial charge is 0.389 e. The highest BCUT2D eigenvalue weighted by Gasteiger charge is 2.13. The highest BCUT2D eigenvalue weighted by atomic mass is 35.5. The summed E-state index contributed by atoms with van der Waals surface area (Å²) in [6.45, 7) is 2.48. The lowest BCUT2D eigenvalue weighted by Gasteiger charge is -2.21. The van der Waals surface area contributed by atoms with Gasteiger partial charge in [-0.3, -0.25) is 0 Å². The first-order chi connectivity index (χ1) is 8.58. The Balaban J connectivity index is 2.20. The highest BCUT2D eigenvalue weighted by molar-refractivity contribution is 7.16. The Morgan fingerprint density at radius 1 is 1.44 bits per heavy atom. The maximum atomic E-state index is 9.74. The molecule has 2 aromatic rings. The smallest absolute Gasteiger partial charge is 0.134 e. The zero-order chi connectivity index (χ0) is 13.1. The summed E-state index contributed by atoms with van der Waals surface area (Å²) in [4.78, 5) is 7.53. The Morgan fingerprint density at radius 3 is 2.83 bits per heavy atom. The summed E-state index contributed by atoms with van der Waals surface area (Å²) in [6, 6.07) is 7.63. The fourth-order valence-corrected chi connectivity index (χ4v) is 2.94. The zero-order valence-electron chi connectivity index (χ0n) is 10.3. The Morgan fingerprint density at radius 2 is 2.22 bits per heavy atom. The van der Waals surface area contributed by atoms with Gasteiger partial charge >= 0.3 is 0 Å². The summed E-state index contributed by atoms with van der Waals surface area (Å²) in [5, 5.41) is 9.74. The molecule has 0 amide bonds. The summed E-state index contributed by atoms with van der Waals surface area (Å²) >= 11 is 7.47. The molecule has 0 aliphatic carbocycles. The van der Waals surface area contributed by atoms with E-state index in [2.05, 4.69) is 4.98 Å². The second-order valence-corrected chi connectivity index (χ2v) is 5.95. The van der Waals surface area contributed by atoms with E-state index in [1.54, 1.807) is 24.5 Å². The SMILES string of the molecule is C[C@H](O)c1cccnc1N(C)Cc1ccc(Cl)s1. The van der Waals surface area contributed by atoms with Crippen LogP contribution in [-0.2, 0) is 6.54 Å². The van der Waals surface area contributed by atoms with Crippen LogP contribution < -0.4 is 4.90 Å². The molecule has 0 spiro atoms. The van der Waals surface area contributed by atoms with E-state index in [-0.39, 0.29) is 0 Å². The Kier molecular flexibility index (Phi) is 4.22. The van der Waals surface area contributed by atoms with Gasteiger partial charge in [0.15, 0.2) is 0 Å². The van der Waals surface area contributed by atoms with Crippen molar-refractivity contribution in [1.82, 2.24) is 4.98 Å². The Bertz CT molecular complexity index is 527. The number of aromatic nitrogens is 1. The molecule has 0 aromatic carbocycles. The van der Waals surface area contributed by atoms with Gasteiger partial charge in [-0.1, -0.05) is 17.7 Å². The van der Waals surface area contributed by atoms with Crippen molar-refractivity contribution in [2.45, 2.75) is 19.6 Å². The third-order valence-electron chi connectivity index (χ3n) is 2.65. The topological polar surface area (TPSA) is 36.4 Å². The number of hydrogen-bond donors (Lipinski definition) is 1. The summed E-state index contributed by atoms with van der Waals surface area (Å²) in [6.07, 6.45) is 1.21. The summed E-state index contributed by atoms with van der Waals surface area (Å²) in [5.41, 5.74) is 0.836. The maximum absolute atomic E-state index is 9.74. The minimum Gasteiger partial charge on any atom is -0.389 e. The first-order valence-corrected chi connectivity index (χ1v) is 6.85. The molecule has 96 valence electrons. The molecule has 1 atom stereocenters. The van der Waals surface area contributed by atoms with Crippen molar-refractivity contribution in [2.24, 2.45) is 0 Å². The molecule has 0 fully saturated rings. The molecular weight excluding hydrogens is 268 g/mol. The molecule has 0 saturated heterocycles. The van der Waals surface area contributed by atoms with Gasteiger partial charge in [-0.25, -0.2) is 4.98 Å². The molecule has 0 saturated carbocycles. The Hall–Kier alpha value is -1.10. The van der Waals surface area contributed by atoms with Gasteiger partial charge in [0.1, 0.15) is 5.82 Å². The van der Waals surface area contributed by atoms with Crippen molar-refractivity contribution in [1.29, 1.82) is 0 Å². The van der Waals surface area contributed by atoms with E-state index in [1.165, 1.54) is 4.88 Å². The monoisotopic (exact) mass is 282 g/mol. The van der Waals surface area contributed by atoms with Crippen LogP contribution in [0.3, 0.4) is 0 Å². The molecule has 0 aliphatic rings. The molecular formula is C13H15ClN2OS. The van der Waals surface area contributed by atoms with Gasteiger partial charge < -0.3 is 10.0 Å². The van der Waals surface area contributed by atoms with E-state index in [1.807, 2.05) is 36.2 Å². The quantitative estimate of drug-likeness (QED) is 0.933. The van der Waals surface area contributed by atoms with Crippen LogP contribution in [0.25, 0.3) is 0 Å². The fraction of sp³-hybridized carbons (Fsp3) is 0.308. The molecule has 18 heavy (non-hydrogen) atoms. The predicted octanol–water partition coefficient (Wildman–Crippen LogP) is 3.49. The van der Waals surface area contributed by atoms with Crippen molar-refractivity contribution < 1.29 is 5.11 Å². The van der Waals surface area contributed by atoms with Crippen LogP contribution >= 0.6 is 22.9 Å². The lowest BCUT2D eigenvalue weighted by atomic mass is 10.1. The van der Waals surface area contributed by atoms with E-state index in [0.29, 0.717) is 0 Å². The standard InChI is InChI=1S/C13H15ClN2OS/c1-9(17)11-4-3-7-15-13(11)16(2)8-10-5-6-12(14)18-10/h3-7,9,17H,8H2,1-2H3/t9-/m0/s1. The minimum atomic E-state index is -0.525. The fourth-order valence-electron chi connectivity index (χ4n) is 1.80. The molecule has 3 nitrogen and oxygen atoms in total. The lowest BCUT2D eigenvalue weighted by Crippen LogP contribution is -2.19. The molecule has 0 bridgehead atoms. The van der Waals surface area contributed by atoms with Gasteiger partial charge in [-0.2, -0.15) is 0 Å². The molecule has 2 rings (SSSR count). The number of hydrogen-bond acceptors (Lipinski definition) is 4. The minimum absolute atomic E-state index is 0.525.